The SMILES string of the molecule is C=CC1CC(=O)N(c2ccc(Cl)nc2N)C1. The molecule has 0 saturated carbocycles. The minimum Gasteiger partial charge on any atom is -0.382 e. The first-order valence-corrected chi connectivity index (χ1v) is 5.34. The van der Waals surface area contributed by atoms with Crippen molar-refractivity contribution >= 4 is 29.0 Å². The number of carbonyl (C=O) groups is 1. The molecule has 0 radical (unpaired) electrons. The van der Waals surface area contributed by atoms with Crippen LogP contribution in [0, 0.1) is 5.92 Å². The maximum Gasteiger partial charge on any atom is 0.227 e. The number of amides is 1. The third-order valence-electron chi connectivity index (χ3n) is 2.65. The van der Waals surface area contributed by atoms with Crippen LogP contribution >= 0.6 is 11.6 Å². The van der Waals surface area contributed by atoms with E-state index >= 15 is 0 Å². The number of aromatic nitrogens is 1. The van der Waals surface area contributed by atoms with Crippen molar-refractivity contribution in [2.75, 3.05) is 17.2 Å². The van der Waals surface area contributed by atoms with Gasteiger partial charge in [0.05, 0.1) is 5.69 Å². The zero-order chi connectivity index (χ0) is 11.7. The lowest BCUT2D eigenvalue weighted by Gasteiger charge is -2.17. The summed E-state index contributed by atoms with van der Waals surface area (Å²) in [7, 11) is 0. The van der Waals surface area contributed by atoms with Gasteiger partial charge in [0.15, 0.2) is 0 Å². The van der Waals surface area contributed by atoms with Crippen molar-refractivity contribution in [2.24, 2.45) is 5.92 Å². The van der Waals surface area contributed by atoms with Gasteiger partial charge in [-0.2, -0.15) is 0 Å². The molecule has 0 spiro atoms. The molecule has 0 aliphatic carbocycles. The van der Waals surface area contributed by atoms with E-state index in [1.807, 2.05) is 0 Å². The highest BCUT2D eigenvalue weighted by atomic mass is 35.5. The molecule has 2 rings (SSSR count). The molecule has 1 aliphatic heterocycles. The number of nitrogens with two attached hydrogens (primary N) is 1. The number of anilines is 2. The van der Waals surface area contributed by atoms with E-state index in [2.05, 4.69) is 11.6 Å². The average molecular weight is 238 g/mol. The summed E-state index contributed by atoms with van der Waals surface area (Å²) in [6.07, 6.45) is 2.27. The second kappa shape index (κ2) is 4.14. The van der Waals surface area contributed by atoms with Crippen LogP contribution in [0.25, 0.3) is 0 Å². The molecule has 84 valence electrons. The number of hydrogen-bond donors (Lipinski definition) is 1. The predicted molar refractivity (Wildman–Crippen MR) is 64.3 cm³/mol. The zero-order valence-corrected chi connectivity index (χ0v) is 9.44. The largest absolute Gasteiger partial charge is 0.382 e. The van der Waals surface area contributed by atoms with Gasteiger partial charge >= 0.3 is 0 Å². The molecule has 16 heavy (non-hydrogen) atoms. The summed E-state index contributed by atoms with van der Waals surface area (Å²) >= 11 is 5.71. The highest BCUT2D eigenvalue weighted by molar-refractivity contribution is 6.29. The van der Waals surface area contributed by atoms with Crippen LogP contribution in [0.4, 0.5) is 11.5 Å². The minimum absolute atomic E-state index is 0.0423. The molecule has 1 amide bonds. The first kappa shape index (κ1) is 11.0. The van der Waals surface area contributed by atoms with Gasteiger partial charge in [-0.25, -0.2) is 4.98 Å². The van der Waals surface area contributed by atoms with Crippen molar-refractivity contribution in [3.8, 4) is 0 Å². The van der Waals surface area contributed by atoms with Gasteiger partial charge in [0.25, 0.3) is 0 Å². The first-order valence-electron chi connectivity index (χ1n) is 4.96. The van der Waals surface area contributed by atoms with E-state index in [9.17, 15) is 4.79 Å². The Balaban J connectivity index is 2.31. The molecule has 2 heterocycles. The van der Waals surface area contributed by atoms with E-state index in [4.69, 9.17) is 17.3 Å². The van der Waals surface area contributed by atoms with Crippen LogP contribution in [0.5, 0.6) is 0 Å². The second-order valence-corrected chi connectivity index (χ2v) is 4.13. The second-order valence-electron chi connectivity index (χ2n) is 3.74. The lowest BCUT2D eigenvalue weighted by atomic mass is 10.1. The molecular formula is C11H12ClN3O. The smallest absolute Gasteiger partial charge is 0.227 e. The van der Waals surface area contributed by atoms with E-state index in [-0.39, 0.29) is 17.6 Å². The van der Waals surface area contributed by atoms with E-state index in [0.29, 0.717) is 23.8 Å². The Labute approximate surface area is 98.7 Å². The fourth-order valence-corrected chi connectivity index (χ4v) is 1.95. The Morgan fingerprint density at radius 3 is 2.94 bits per heavy atom. The van der Waals surface area contributed by atoms with Crippen LogP contribution in [0.1, 0.15) is 6.42 Å². The standard InChI is InChI=1S/C11H12ClN3O/c1-2-7-5-10(16)15(6-7)8-3-4-9(12)14-11(8)13/h2-4,7H,1,5-6H2,(H2,13,14). The molecule has 1 unspecified atom stereocenters. The van der Waals surface area contributed by atoms with Crippen molar-refractivity contribution in [1.29, 1.82) is 0 Å². The van der Waals surface area contributed by atoms with Crippen molar-refractivity contribution in [3.63, 3.8) is 0 Å². The maximum atomic E-state index is 11.7. The normalized spacial score (nSPS) is 20.2. The number of hydrogen-bond acceptors (Lipinski definition) is 3. The number of nitrogens with zero attached hydrogens (tertiary/aromatic N) is 2. The molecular weight excluding hydrogens is 226 g/mol. The number of carbonyl (C=O) groups excluding carboxylic acids is 1. The first-order chi connectivity index (χ1) is 7.61. The highest BCUT2D eigenvalue weighted by Crippen LogP contribution is 2.29. The van der Waals surface area contributed by atoms with Crippen molar-refractivity contribution < 1.29 is 4.79 Å². The number of nitrogen functional groups attached to an aromatic ring is 1. The molecule has 0 aromatic carbocycles. The van der Waals surface area contributed by atoms with Gasteiger partial charge in [0.1, 0.15) is 11.0 Å². The molecule has 5 heteroatoms. The van der Waals surface area contributed by atoms with Gasteiger partial charge in [-0.05, 0) is 12.1 Å². The molecule has 1 aromatic rings. The summed E-state index contributed by atoms with van der Waals surface area (Å²) < 4.78 is 0. The third-order valence-corrected chi connectivity index (χ3v) is 2.86. The lowest BCUT2D eigenvalue weighted by molar-refractivity contribution is -0.117. The van der Waals surface area contributed by atoms with Gasteiger partial charge in [-0.3, -0.25) is 4.79 Å². The van der Waals surface area contributed by atoms with Crippen LogP contribution in [0.2, 0.25) is 5.15 Å². The predicted octanol–water partition coefficient (Wildman–Crippen LogP) is 1.86. The van der Waals surface area contributed by atoms with Crippen LogP contribution < -0.4 is 10.6 Å². The Hall–Kier alpha value is -1.55. The summed E-state index contributed by atoms with van der Waals surface area (Å²) in [6, 6.07) is 3.34. The molecule has 1 aliphatic rings. The monoisotopic (exact) mass is 237 g/mol. The molecule has 1 saturated heterocycles. The van der Waals surface area contributed by atoms with E-state index in [1.54, 1.807) is 23.1 Å². The third kappa shape index (κ3) is 1.88. The molecule has 1 fully saturated rings. The van der Waals surface area contributed by atoms with Crippen LogP contribution in [0.3, 0.4) is 0 Å². The topological polar surface area (TPSA) is 59.2 Å². The van der Waals surface area contributed by atoms with E-state index in [0.717, 1.165) is 0 Å². The van der Waals surface area contributed by atoms with Crippen molar-refractivity contribution in [1.82, 2.24) is 4.98 Å². The number of rotatable bonds is 2. The Bertz CT molecular complexity index is 447. The van der Waals surface area contributed by atoms with Crippen molar-refractivity contribution in [3.05, 3.63) is 29.9 Å². The Morgan fingerprint density at radius 1 is 1.62 bits per heavy atom. The molecule has 1 aromatic heterocycles. The fourth-order valence-electron chi connectivity index (χ4n) is 1.80. The Morgan fingerprint density at radius 2 is 2.38 bits per heavy atom. The molecule has 2 N–H and O–H groups in total. The summed E-state index contributed by atoms with van der Waals surface area (Å²) in [5, 5.41) is 0.327. The lowest BCUT2D eigenvalue weighted by Crippen LogP contribution is -2.25. The fraction of sp³-hybridized carbons (Fsp3) is 0.273. The van der Waals surface area contributed by atoms with Gasteiger partial charge in [0.2, 0.25) is 5.91 Å². The summed E-state index contributed by atoms with van der Waals surface area (Å²) in [4.78, 5) is 17.3. The van der Waals surface area contributed by atoms with E-state index in [1.165, 1.54) is 0 Å². The Kier molecular flexibility index (Phi) is 2.83. The molecule has 1 atom stereocenters. The van der Waals surface area contributed by atoms with Crippen LogP contribution in [0.15, 0.2) is 24.8 Å². The molecule has 0 bridgehead atoms. The highest BCUT2D eigenvalue weighted by Gasteiger charge is 2.30. The van der Waals surface area contributed by atoms with E-state index < -0.39 is 0 Å². The molecule has 4 nitrogen and oxygen atoms in total. The zero-order valence-electron chi connectivity index (χ0n) is 8.69. The van der Waals surface area contributed by atoms with Gasteiger partial charge < -0.3 is 10.6 Å². The summed E-state index contributed by atoms with van der Waals surface area (Å²) in [6.45, 7) is 4.30. The van der Waals surface area contributed by atoms with Crippen LogP contribution in [-0.2, 0) is 4.79 Å². The van der Waals surface area contributed by atoms with Gasteiger partial charge in [-0.15, -0.1) is 6.58 Å². The summed E-state index contributed by atoms with van der Waals surface area (Å²) in [5.74, 6) is 0.508. The van der Waals surface area contributed by atoms with Gasteiger partial charge in [0, 0.05) is 18.9 Å². The average Bonchev–Trinajstić information content (AvgIpc) is 2.60. The quantitative estimate of drug-likeness (QED) is 0.631. The van der Waals surface area contributed by atoms with Gasteiger partial charge in [-0.1, -0.05) is 17.7 Å². The number of halogens is 1. The van der Waals surface area contributed by atoms with Crippen LogP contribution in [-0.4, -0.2) is 17.4 Å². The number of pyridine rings is 1. The van der Waals surface area contributed by atoms with Crippen molar-refractivity contribution in [2.45, 2.75) is 6.42 Å². The summed E-state index contributed by atoms with van der Waals surface area (Å²) in [5.41, 5.74) is 6.36. The maximum absolute atomic E-state index is 11.7. The minimum atomic E-state index is 0.0423.